The maximum Gasteiger partial charge on any atom is 6.00 e. The average molecular weight is 1280 g/mol. The second kappa shape index (κ2) is 47.4. The van der Waals surface area contributed by atoms with Crippen LogP contribution < -0.4 is 28.3 Å². The fraction of sp³-hybridized carbons (Fsp3) is 0.600. The molecule has 0 bridgehead atoms. The van der Waals surface area contributed by atoms with Gasteiger partial charge in [-0.2, -0.15) is 0 Å². The van der Waals surface area contributed by atoms with Crippen molar-refractivity contribution in [1.82, 2.24) is 0 Å². The summed E-state index contributed by atoms with van der Waals surface area (Å²) >= 11 is 28.0. The zero-order chi connectivity index (χ0) is 44.5. The Labute approximate surface area is 476 Å². The number of hydrogen-bond donors (Lipinski definition) is 0. The first-order valence-corrected chi connectivity index (χ1v) is 32.9. The van der Waals surface area contributed by atoms with Crippen LogP contribution in [-0.4, -0.2) is 0 Å². The predicted octanol–water partition coefficient (Wildman–Crippen LogP) is 13.5. The van der Waals surface area contributed by atoms with E-state index in [1.54, 1.807) is 18.2 Å². The van der Waals surface area contributed by atoms with Gasteiger partial charge in [-0.15, -0.1) is 0 Å². The van der Waals surface area contributed by atoms with Crippen molar-refractivity contribution in [2.75, 3.05) is 0 Å². The molecule has 3 aromatic carbocycles. The molecule has 0 saturated carbocycles. The van der Waals surface area contributed by atoms with Gasteiger partial charge in [0.15, 0.2) is 0 Å². The van der Waals surface area contributed by atoms with Gasteiger partial charge in [0.05, 0.1) is 0 Å². The Kier molecular flexibility index (Phi) is 55.6. The maximum atomic E-state index is 11.4. The number of para-hydroxylation sites is 3. The summed E-state index contributed by atoms with van der Waals surface area (Å²) in [6.07, 6.45) is 29.5. The smallest absolute Gasteiger partial charge is 2.00 e. The molecule has 65 heavy (non-hydrogen) atoms. The summed E-state index contributed by atoms with van der Waals surface area (Å²) in [5.74, 6) is 1.77. The van der Waals surface area contributed by atoms with E-state index in [1.165, 1.54) is 116 Å². The van der Waals surface area contributed by atoms with E-state index in [2.05, 4.69) is 92.9 Å². The Morgan fingerprint density at radius 3 is 0.754 bits per heavy atom. The number of benzene rings is 3. The predicted molar refractivity (Wildman–Crippen MR) is 293 cm³/mol. The molecule has 0 radical (unpaired) electrons. The van der Waals surface area contributed by atoms with Crippen LogP contribution in [0.4, 0.5) is 0 Å². The molecule has 0 aliphatic heterocycles. The van der Waals surface area contributed by atoms with Crippen LogP contribution in [-0.2, 0) is 174 Å². The molecule has 0 aliphatic rings. The first-order chi connectivity index (χ1) is 28.6. The molecular weight excluding hydrogens is 1210 g/mol. The van der Waals surface area contributed by atoms with Crippen LogP contribution in [0.3, 0.4) is 0 Å². The van der Waals surface area contributed by atoms with Crippen LogP contribution >= 0.6 is 17.1 Å². The second-order valence-electron chi connectivity index (χ2n) is 15.1. The minimum Gasteiger partial charge on any atom is -2.00 e. The van der Waals surface area contributed by atoms with Crippen molar-refractivity contribution in [2.24, 2.45) is 0 Å². The van der Waals surface area contributed by atoms with Crippen LogP contribution in [0.5, 0.6) is 17.2 Å². The third-order valence-electron chi connectivity index (χ3n) is 9.70. The third-order valence-corrected chi connectivity index (χ3v) is 12.3. The van der Waals surface area contributed by atoms with Crippen molar-refractivity contribution in [3.05, 3.63) is 89.5 Å². The van der Waals surface area contributed by atoms with E-state index >= 15 is 0 Å². The topological polar surface area (TPSA) is 96.9 Å². The Balaban J connectivity index is -0.000000267. The Hall–Kier alpha value is 2.37. The summed E-state index contributed by atoms with van der Waals surface area (Å²) in [6, 6.07) is 22.8. The number of aryl methyl sites for hydroxylation is 3. The first-order valence-electron chi connectivity index (χ1n) is 22.0. The second-order valence-corrected chi connectivity index (χ2v) is 29.0. The number of hydrogen-bond acceptors (Lipinski definition) is 12. The average Bonchev–Trinajstić information content (AvgIpc) is 3.17. The first kappa shape index (κ1) is 76.3. The van der Waals surface area contributed by atoms with Crippen molar-refractivity contribution in [3.63, 3.8) is 0 Å². The summed E-state index contributed by atoms with van der Waals surface area (Å²) < 4.78 is 15.7. The molecule has 366 valence electrons. The summed E-state index contributed by atoms with van der Waals surface area (Å²) in [4.78, 5) is 34.3. The Morgan fingerprint density at radius 1 is 0.369 bits per heavy atom. The molecule has 0 N–H and O–H groups in total. The molecule has 0 aliphatic carbocycles. The van der Waals surface area contributed by atoms with Gasteiger partial charge in [-0.3, -0.25) is 0 Å². The summed E-state index contributed by atoms with van der Waals surface area (Å²) in [6.45, 7) is 6.69. The number of rotatable bonds is 30. The fourth-order valence-electron chi connectivity index (χ4n) is 6.58. The van der Waals surface area contributed by atoms with Crippen molar-refractivity contribution < 1.29 is 70.4 Å². The van der Waals surface area contributed by atoms with Gasteiger partial charge in [-0.05, 0) is 73.4 Å². The SMILES string of the molecule is CCCCCCCCCc1ccccc1OP([O-])(=S)[S-].CCCCCCCCCc1ccccc1OP([O-])(=S)[S-].CCCCCCCCCc1ccccc1OP([O-])(=S)[S-].[Mo+6].[Mo+6].[S-2].[S-2].[S-2]. The Morgan fingerprint density at radius 2 is 0.554 bits per heavy atom. The van der Waals surface area contributed by atoms with Gasteiger partial charge >= 0.3 is 42.1 Å². The van der Waals surface area contributed by atoms with Gasteiger partial charge in [-0.25, -0.2) is 0 Å². The van der Waals surface area contributed by atoms with E-state index in [0.29, 0.717) is 17.2 Å². The van der Waals surface area contributed by atoms with Crippen LogP contribution in [0.2, 0.25) is 0 Å². The van der Waals surface area contributed by atoms with E-state index in [-0.39, 0.29) is 82.6 Å². The van der Waals surface area contributed by atoms with Gasteiger partial charge in [0.2, 0.25) is 0 Å². The minimum absolute atomic E-state index is 0. The van der Waals surface area contributed by atoms with Crippen LogP contribution in [0.1, 0.15) is 172 Å². The minimum atomic E-state index is -3.31. The molecule has 3 atom stereocenters. The van der Waals surface area contributed by atoms with E-state index in [0.717, 1.165) is 55.2 Å². The molecule has 0 aromatic heterocycles. The van der Waals surface area contributed by atoms with E-state index in [4.69, 9.17) is 13.6 Å². The molecule has 0 fully saturated rings. The van der Waals surface area contributed by atoms with Crippen LogP contribution in [0.25, 0.3) is 0 Å². The molecule has 0 heterocycles. The van der Waals surface area contributed by atoms with Crippen molar-refractivity contribution >= 4 is 130 Å². The monoisotopic (exact) mass is 1280 g/mol. The summed E-state index contributed by atoms with van der Waals surface area (Å²) in [5.41, 5.74) is -6.76. The van der Waals surface area contributed by atoms with Gasteiger partial charge in [0.25, 0.3) is 0 Å². The third kappa shape index (κ3) is 45.9. The van der Waals surface area contributed by atoms with Gasteiger partial charge in [-0.1, -0.05) is 243 Å². The molecule has 3 unspecified atom stereocenters. The molecule has 3 aromatic rings. The van der Waals surface area contributed by atoms with Crippen LogP contribution in [0, 0.1) is 0 Å². The molecular formula is C45H69Mo2O6P3S9. The summed E-state index contributed by atoms with van der Waals surface area (Å²) in [5, 5.41) is 0. The standard InChI is InChI=1S/3C15H25O2PS2.2Mo.3S/c3*1-2-3-4-5-6-7-8-11-14-12-9-10-13-15(14)17-18(16,19)20;;;;;/h3*9-10,12-13H,2-8,11H2,1H3,(H2,16,19,20);;;;;/q;;;2*+6;3*-2/p-6. The van der Waals surface area contributed by atoms with E-state index in [1.807, 2.05) is 54.6 Å². The van der Waals surface area contributed by atoms with E-state index < -0.39 is 17.1 Å². The fourth-order valence-corrected chi connectivity index (χ4v) is 9.28. The quantitative estimate of drug-likeness (QED) is 0.0275. The molecule has 3 rings (SSSR count). The molecule has 6 nitrogen and oxygen atoms in total. The van der Waals surface area contributed by atoms with Crippen LogP contribution in [0.15, 0.2) is 72.8 Å². The zero-order valence-corrected chi connectivity index (χ0v) is 52.2. The molecule has 20 heteroatoms. The van der Waals surface area contributed by atoms with Crippen molar-refractivity contribution in [3.8, 4) is 17.2 Å². The van der Waals surface area contributed by atoms with Gasteiger partial charge in [0, 0.05) is 0 Å². The molecule has 0 saturated heterocycles. The largest absolute Gasteiger partial charge is 6.00 e. The Bertz CT molecular complexity index is 1510. The van der Waals surface area contributed by atoms with Crippen molar-refractivity contribution in [2.45, 2.75) is 175 Å². The van der Waals surface area contributed by atoms with Crippen molar-refractivity contribution in [1.29, 1.82) is 0 Å². The maximum absolute atomic E-state index is 11.4. The molecule has 0 spiro atoms. The molecule has 0 amide bonds. The number of unbranched alkanes of at least 4 members (excludes halogenated alkanes) is 18. The van der Waals surface area contributed by atoms with Gasteiger partial charge < -0.3 is 105 Å². The zero-order valence-electron chi connectivity index (χ0n) is 38.2. The van der Waals surface area contributed by atoms with Gasteiger partial charge in [0.1, 0.15) is 17.2 Å². The van der Waals surface area contributed by atoms with E-state index in [9.17, 15) is 14.7 Å². The summed E-state index contributed by atoms with van der Waals surface area (Å²) in [7, 11) is 0. The normalized spacial score (nSPS) is 12.9.